The zero-order chi connectivity index (χ0) is 14.4. The summed E-state index contributed by atoms with van der Waals surface area (Å²) in [6.07, 6.45) is 0.176. The van der Waals surface area contributed by atoms with Crippen LogP contribution >= 0.6 is 22.6 Å². The third-order valence-corrected chi connectivity index (χ3v) is 4.07. The van der Waals surface area contributed by atoms with Gasteiger partial charge in [-0.25, -0.2) is 0 Å². The molecule has 0 heterocycles. The lowest BCUT2D eigenvalue weighted by molar-refractivity contribution is 0.0103. The maximum absolute atomic E-state index is 6.20. The van der Waals surface area contributed by atoms with Crippen LogP contribution in [0.5, 0.6) is 5.75 Å². The van der Waals surface area contributed by atoms with Crippen molar-refractivity contribution >= 4 is 22.6 Å². The molecule has 0 saturated carbocycles. The van der Waals surface area contributed by atoms with E-state index < -0.39 is 0 Å². The topological polar surface area (TPSA) is 18.5 Å². The Kier molecular flexibility index (Phi) is 5.86. The monoisotopic (exact) mass is 382 g/mol. The molecule has 0 amide bonds. The van der Waals surface area contributed by atoms with E-state index in [0.717, 1.165) is 10.2 Å². The van der Waals surface area contributed by atoms with Crippen LogP contribution in [-0.2, 0) is 4.74 Å². The van der Waals surface area contributed by atoms with Gasteiger partial charge in [-0.2, -0.15) is 0 Å². The average Bonchev–Trinajstić information content (AvgIpc) is 2.53. The van der Waals surface area contributed by atoms with Crippen molar-refractivity contribution in [3.05, 3.63) is 65.7 Å². The third-order valence-electron chi connectivity index (χ3n) is 3.27. The molecule has 20 heavy (non-hydrogen) atoms. The number of halogens is 1. The van der Waals surface area contributed by atoms with Gasteiger partial charge in [0.05, 0.1) is 19.3 Å². The van der Waals surface area contributed by atoms with E-state index in [1.54, 1.807) is 7.11 Å². The molecule has 0 bridgehead atoms. The Morgan fingerprint density at radius 1 is 0.950 bits per heavy atom. The molecule has 2 aromatic carbocycles. The first-order valence-electron chi connectivity index (χ1n) is 6.65. The number of hydrogen-bond acceptors (Lipinski definition) is 2. The Balaban J connectivity index is 2.08. The fourth-order valence-corrected chi connectivity index (χ4v) is 2.79. The first kappa shape index (κ1) is 15.3. The van der Waals surface area contributed by atoms with E-state index in [4.69, 9.17) is 9.47 Å². The lowest BCUT2D eigenvalue weighted by Gasteiger charge is -2.21. The summed E-state index contributed by atoms with van der Waals surface area (Å²) >= 11 is 2.37. The summed E-state index contributed by atoms with van der Waals surface area (Å²) in [6, 6.07) is 18.4. The zero-order valence-electron chi connectivity index (χ0n) is 11.8. The zero-order valence-corrected chi connectivity index (χ0v) is 13.9. The van der Waals surface area contributed by atoms with Crippen molar-refractivity contribution < 1.29 is 9.47 Å². The van der Waals surface area contributed by atoms with Crippen LogP contribution in [0.2, 0.25) is 0 Å². The highest BCUT2D eigenvalue weighted by Crippen LogP contribution is 2.29. The van der Waals surface area contributed by atoms with Gasteiger partial charge in [0.2, 0.25) is 0 Å². The van der Waals surface area contributed by atoms with Gasteiger partial charge < -0.3 is 9.47 Å². The Labute approximate surface area is 134 Å². The minimum Gasteiger partial charge on any atom is -0.497 e. The van der Waals surface area contributed by atoms with E-state index in [2.05, 4.69) is 53.8 Å². The van der Waals surface area contributed by atoms with Crippen LogP contribution in [0.25, 0.3) is 0 Å². The molecule has 3 heteroatoms. The van der Waals surface area contributed by atoms with E-state index in [1.165, 1.54) is 11.1 Å². The first-order valence-corrected chi connectivity index (χ1v) is 8.17. The highest BCUT2D eigenvalue weighted by atomic mass is 127. The molecule has 2 unspecified atom stereocenters. The third kappa shape index (κ3) is 3.96. The lowest BCUT2D eigenvalue weighted by atomic mass is 10.1. The molecule has 0 saturated heterocycles. The fourth-order valence-electron chi connectivity index (χ4n) is 2.07. The van der Waals surface area contributed by atoms with Gasteiger partial charge in [-0.15, -0.1) is 0 Å². The van der Waals surface area contributed by atoms with Crippen LogP contribution in [-0.4, -0.2) is 11.5 Å². The SMILES string of the molecule is COc1ccc(C(CI)OC(C)c2ccccc2)cc1. The van der Waals surface area contributed by atoms with Crippen LogP contribution < -0.4 is 4.74 Å². The van der Waals surface area contributed by atoms with Crippen LogP contribution in [0.1, 0.15) is 30.3 Å². The number of methoxy groups -OCH3 is 1. The highest BCUT2D eigenvalue weighted by Gasteiger charge is 2.15. The minimum absolute atomic E-state index is 0.0815. The van der Waals surface area contributed by atoms with E-state index in [-0.39, 0.29) is 12.2 Å². The standard InChI is InChI=1S/C17H19IO2/c1-13(14-6-4-3-5-7-14)20-17(12-18)15-8-10-16(19-2)11-9-15/h3-11,13,17H,12H2,1-2H3. The molecule has 0 aliphatic rings. The van der Waals surface area contributed by atoms with E-state index in [9.17, 15) is 0 Å². The van der Waals surface area contributed by atoms with E-state index >= 15 is 0 Å². The predicted octanol–water partition coefficient (Wildman–Crippen LogP) is 4.95. The Bertz CT molecular complexity index is 510. The van der Waals surface area contributed by atoms with Gasteiger partial charge in [0.25, 0.3) is 0 Å². The molecule has 0 aliphatic heterocycles. The summed E-state index contributed by atoms with van der Waals surface area (Å²) in [5, 5.41) is 0. The number of ether oxygens (including phenoxy) is 2. The van der Waals surface area contributed by atoms with Crippen LogP contribution in [0, 0.1) is 0 Å². The normalized spacial score (nSPS) is 13.8. The molecule has 106 valence electrons. The van der Waals surface area contributed by atoms with E-state index in [0.29, 0.717) is 0 Å². The second kappa shape index (κ2) is 7.64. The maximum atomic E-state index is 6.20. The quantitative estimate of drug-likeness (QED) is 0.520. The first-order chi connectivity index (χ1) is 9.74. The molecular formula is C17H19IO2. The Hall–Kier alpha value is -1.07. The maximum Gasteiger partial charge on any atom is 0.118 e. The molecular weight excluding hydrogens is 363 g/mol. The fraction of sp³-hybridized carbons (Fsp3) is 0.294. The van der Waals surface area contributed by atoms with Crippen LogP contribution in [0.4, 0.5) is 0 Å². The van der Waals surface area contributed by atoms with Crippen molar-refractivity contribution in [2.45, 2.75) is 19.1 Å². The Morgan fingerprint density at radius 2 is 1.60 bits per heavy atom. The van der Waals surface area contributed by atoms with Gasteiger partial charge in [0.15, 0.2) is 0 Å². The lowest BCUT2D eigenvalue weighted by Crippen LogP contribution is -2.09. The van der Waals surface area contributed by atoms with Gasteiger partial charge in [0.1, 0.15) is 5.75 Å². The number of rotatable bonds is 6. The second-order valence-electron chi connectivity index (χ2n) is 4.61. The summed E-state index contributed by atoms with van der Waals surface area (Å²) < 4.78 is 12.3. The van der Waals surface area contributed by atoms with Crippen LogP contribution in [0.15, 0.2) is 54.6 Å². The average molecular weight is 382 g/mol. The van der Waals surface area contributed by atoms with Crippen molar-refractivity contribution in [3.8, 4) is 5.75 Å². The van der Waals surface area contributed by atoms with Crippen molar-refractivity contribution in [2.24, 2.45) is 0 Å². The highest BCUT2D eigenvalue weighted by molar-refractivity contribution is 14.1. The molecule has 2 nitrogen and oxygen atoms in total. The smallest absolute Gasteiger partial charge is 0.118 e. The van der Waals surface area contributed by atoms with Crippen molar-refractivity contribution in [2.75, 3.05) is 11.5 Å². The summed E-state index contributed by atoms with van der Waals surface area (Å²) in [5.74, 6) is 0.872. The van der Waals surface area contributed by atoms with Gasteiger partial charge in [0, 0.05) is 4.43 Å². The van der Waals surface area contributed by atoms with Crippen molar-refractivity contribution in [3.63, 3.8) is 0 Å². The molecule has 2 atom stereocenters. The van der Waals surface area contributed by atoms with Crippen molar-refractivity contribution in [1.82, 2.24) is 0 Å². The van der Waals surface area contributed by atoms with Crippen LogP contribution in [0.3, 0.4) is 0 Å². The summed E-state index contributed by atoms with van der Waals surface area (Å²) in [6.45, 7) is 2.10. The molecule has 2 rings (SSSR count). The molecule has 0 radical (unpaired) electrons. The summed E-state index contributed by atoms with van der Waals surface area (Å²) in [4.78, 5) is 0. The molecule has 2 aromatic rings. The molecule has 0 aromatic heterocycles. The molecule has 0 spiro atoms. The summed E-state index contributed by atoms with van der Waals surface area (Å²) in [7, 11) is 1.68. The number of benzene rings is 2. The van der Waals surface area contributed by atoms with Gasteiger partial charge >= 0.3 is 0 Å². The van der Waals surface area contributed by atoms with Gasteiger partial charge in [-0.3, -0.25) is 0 Å². The van der Waals surface area contributed by atoms with E-state index in [1.807, 2.05) is 30.3 Å². The molecule has 0 aliphatic carbocycles. The largest absolute Gasteiger partial charge is 0.497 e. The molecule has 0 N–H and O–H groups in total. The van der Waals surface area contributed by atoms with Gasteiger partial charge in [-0.05, 0) is 30.2 Å². The number of alkyl halides is 1. The minimum atomic E-state index is 0.0815. The van der Waals surface area contributed by atoms with Crippen molar-refractivity contribution in [1.29, 1.82) is 0 Å². The summed E-state index contributed by atoms with van der Waals surface area (Å²) in [5.41, 5.74) is 2.39. The Morgan fingerprint density at radius 3 is 2.15 bits per heavy atom. The second-order valence-corrected chi connectivity index (χ2v) is 5.49. The van der Waals surface area contributed by atoms with Gasteiger partial charge in [-0.1, -0.05) is 65.1 Å². The molecule has 0 fully saturated rings. The number of hydrogen-bond donors (Lipinski definition) is 0. The predicted molar refractivity (Wildman–Crippen MR) is 90.6 cm³/mol.